The van der Waals surface area contributed by atoms with Crippen molar-refractivity contribution in [2.75, 3.05) is 0 Å². The number of carboxylic acid groups (broad SMARTS) is 1. The molecule has 0 fully saturated rings. The van der Waals surface area contributed by atoms with Gasteiger partial charge in [0.25, 0.3) is 5.56 Å². The summed E-state index contributed by atoms with van der Waals surface area (Å²) in [4.78, 5) is 30.6. The minimum absolute atomic E-state index is 0.129. The topological polar surface area (TPSA) is 83.0 Å². The largest absolute Gasteiger partial charge is 0.477 e. The molecule has 0 aliphatic carbocycles. The van der Waals surface area contributed by atoms with Crippen molar-refractivity contribution in [1.82, 2.24) is 9.97 Å². The number of nitrogens with one attached hydrogen (secondary N) is 1. The minimum atomic E-state index is -1.06. The van der Waals surface area contributed by atoms with Gasteiger partial charge in [-0.2, -0.15) is 0 Å². The number of hydrogen-bond acceptors (Lipinski definition) is 4. The molecular formula is C15H10Cl2N2O3S. The van der Waals surface area contributed by atoms with Crippen LogP contribution in [-0.2, 0) is 6.42 Å². The van der Waals surface area contributed by atoms with Gasteiger partial charge in [-0.15, -0.1) is 11.3 Å². The van der Waals surface area contributed by atoms with E-state index in [2.05, 4.69) is 9.97 Å². The van der Waals surface area contributed by atoms with E-state index >= 15 is 0 Å². The van der Waals surface area contributed by atoms with E-state index in [4.69, 9.17) is 28.3 Å². The Bertz CT molecular complexity index is 994. The number of thiophene rings is 1. The van der Waals surface area contributed by atoms with Crippen molar-refractivity contribution in [3.63, 3.8) is 0 Å². The highest BCUT2D eigenvalue weighted by Gasteiger charge is 2.18. The number of aromatic nitrogens is 2. The molecule has 0 aliphatic heterocycles. The van der Waals surface area contributed by atoms with E-state index in [0.717, 1.165) is 16.9 Å². The molecular weight excluding hydrogens is 359 g/mol. The lowest BCUT2D eigenvalue weighted by Gasteiger charge is -2.04. The molecule has 0 atom stereocenters. The molecule has 1 aromatic carbocycles. The Kier molecular flexibility index (Phi) is 4.14. The number of aromatic amines is 1. The lowest BCUT2D eigenvalue weighted by Crippen LogP contribution is -2.11. The van der Waals surface area contributed by atoms with E-state index in [-0.39, 0.29) is 10.4 Å². The van der Waals surface area contributed by atoms with Crippen LogP contribution in [0.3, 0.4) is 0 Å². The van der Waals surface area contributed by atoms with Gasteiger partial charge in [0.1, 0.15) is 15.4 Å². The lowest BCUT2D eigenvalue weighted by atomic mass is 10.1. The first-order chi connectivity index (χ1) is 10.9. The zero-order chi connectivity index (χ0) is 16.7. The van der Waals surface area contributed by atoms with Crippen molar-refractivity contribution < 1.29 is 9.90 Å². The van der Waals surface area contributed by atoms with Gasteiger partial charge in [-0.1, -0.05) is 29.3 Å². The summed E-state index contributed by atoms with van der Waals surface area (Å²) in [5, 5.41) is 10.0. The molecule has 2 N–H and O–H groups in total. The molecule has 2 aromatic heterocycles. The predicted octanol–water partition coefficient (Wildman–Crippen LogP) is 3.89. The fraction of sp³-hybridized carbons (Fsp3) is 0.133. The summed E-state index contributed by atoms with van der Waals surface area (Å²) >= 11 is 12.8. The molecule has 3 rings (SSSR count). The van der Waals surface area contributed by atoms with Crippen LogP contribution in [0.4, 0.5) is 0 Å². The van der Waals surface area contributed by atoms with E-state index in [1.165, 1.54) is 0 Å². The number of aromatic carboxylic acids is 1. The maximum atomic E-state index is 12.2. The van der Waals surface area contributed by atoms with E-state index in [0.29, 0.717) is 38.1 Å². The number of benzene rings is 1. The molecule has 0 saturated heterocycles. The fourth-order valence-corrected chi connectivity index (χ4v) is 3.58. The molecule has 0 spiro atoms. The van der Waals surface area contributed by atoms with Crippen molar-refractivity contribution in [2.24, 2.45) is 0 Å². The first-order valence-electron chi connectivity index (χ1n) is 6.56. The average molecular weight is 369 g/mol. The summed E-state index contributed by atoms with van der Waals surface area (Å²) in [7, 11) is 0. The average Bonchev–Trinajstić information content (AvgIpc) is 2.81. The monoisotopic (exact) mass is 368 g/mol. The van der Waals surface area contributed by atoms with Gasteiger partial charge in [0.2, 0.25) is 0 Å². The molecule has 0 unspecified atom stereocenters. The van der Waals surface area contributed by atoms with E-state index < -0.39 is 5.97 Å². The molecule has 23 heavy (non-hydrogen) atoms. The van der Waals surface area contributed by atoms with Gasteiger partial charge >= 0.3 is 5.97 Å². The van der Waals surface area contributed by atoms with Crippen LogP contribution in [0.2, 0.25) is 10.0 Å². The quantitative estimate of drug-likeness (QED) is 0.734. The predicted molar refractivity (Wildman–Crippen MR) is 91.2 cm³/mol. The zero-order valence-corrected chi connectivity index (χ0v) is 14.1. The third-order valence-corrected chi connectivity index (χ3v) is 5.38. The van der Waals surface area contributed by atoms with E-state index in [1.54, 1.807) is 25.1 Å². The van der Waals surface area contributed by atoms with Crippen LogP contribution in [0.1, 0.15) is 26.6 Å². The number of H-pyrrole nitrogens is 1. The van der Waals surface area contributed by atoms with Crippen LogP contribution in [0.5, 0.6) is 0 Å². The highest BCUT2D eigenvalue weighted by atomic mass is 35.5. The van der Waals surface area contributed by atoms with Crippen molar-refractivity contribution in [1.29, 1.82) is 0 Å². The Labute approximate surface area is 144 Å². The molecule has 0 bridgehead atoms. The van der Waals surface area contributed by atoms with Crippen LogP contribution in [0.15, 0.2) is 23.0 Å². The van der Waals surface area contributed by atoms with Crippen LogP contribution in [0.25, 0.3) is 10.2 Å². The standard InChI is InChI=1S/C15H10Cl2N2O3S/c1-6-11-13(23-12(6)15(21)22)14(20)19-10(18-11)5-7-2-3-8(16)9(17)4-7/h2-4H,5H2,1H3,(H,21,22)(H,18,19,20). The smallest absolute Gasteiger partial charge is 0.346 e. The molecule has 0 aliphatic rings. The number of fused-ring (bicyclic) bond motifs is 1. The highest BCUT2D eigenvalue weighted by molar-refractivity contribution is 7.20. The summed E-state index contributed by atoms with van der Waals surface area (Å²) < 4.78 is 0.317. The molecule has 8 heteroatoms. The van der Waals surface area contributed by atoms with Crippen LogP contribution in [0, 0.1) is 6.92 Å². The SMILES string of the molecule is Cc1c(C(=O)O)sc2c(=O)[nH]c(Cc3ccc(Cl)c(Cl)c3)nc12. The number of carbonyl (C=O) groups is 1. The van der Waals surface area contributed by atoms with Crippen molar-refractivity contribution in [2.45, 2.75) is 13.3 Å². The Morgan fingerprint density at radius 3 is 2.74 bits per heavy atom. The zero-order valence-electron chi connectivity index (χ0n) is 11.8. The van der Waals surface area contributed by atoms with E-state index in [1.807, 2.05) is 0 Å². The van der Waals surface area contributed by atoms with Crippen LogP contribution >= 0.6 is 34.5 Å². The van der Waals surface area contributed by atoms with E-state index in [9.17, 15) is 9.59 Å². The Balaban J connectivity index is 2.08. The molecule has 0 saturated carbocycles. The van der Waals surface area contributed by atoms with Crippen molar-refractivity contribution in [3.05, 3.63) is 60.4 Å². The number of rotatable bonds is 3. The Hall–Kier alpha value is -1.89. The highest BCUT2D eigenvalue weighted by Crippen LogP contribution is 2.27. The van der Waals surface area contributed by atoms with Gasteiger partial charge in [-0.25, -0.2) is 9.78 Å². The Morgan fingerprint density at radius 1 is 1.35 bits per heavy atom. The Morgan fingerprint density at radius 2 is 2.09 bits per heavy atom. The molecule has 0 radical (unpaired) electrons. The van der Waals surface area contributed by atoms with Crippen LogP contribution in [-0.4, -0.2) is 21.0 Å². The maximum Gasteiger partial charge on any atom is 0.346 e. The second-order valence-electron chi connectivity index (χ2n) is 4.98. The molecule has 0 amide bonds. The van der Waals surface area contributed by atoms with Gasteiger partial charge in [0.05, 0.1) is 15.6 Å². The molecule has 118 valence electrons. The molecule has 5 nitrogen and oxygen atoms in total. The van der Waals surface area contributed by atoms with Gasteiger partial charge in [0.15, 0.2) is 0 Å². The summed E-state index contributed by atoms with van der Waals surface area (Å²) in [6.45, 7) is 1.65. The summed E-state index contributed by atoms with van der Waals surface area (Å²) in [6, 6.07) is 5.17. The fourth-order valence-electron chi connectivity index (χ4n) is 2.27. The minimum Gasteiger partial charge on any atom is -0.477 e. The molecule has 2 heterocycles. The molecule has 3 aromatic rings. The number of hydrogen-bond donors (Lipinski definition) is 2. The van der Waals surface area contributed by atoms with Gasteiger partial charge in [0, 0.05) is 12.0 Å². The van der Waals surface area contributed by atoms with Gasteiger partial charge < -0.3 is 10.1 Å². The normalized spacial score (nSPS) is 11.1. The third-order valence-electron chi connectivity index (χ3n) is 3.38. The lowest BCUT2D eigenvalue weighted by molar-refractivity contribution is 0.0701. The van der Waals surface area contributed by atoms with Gasteiger partial charge in [-0.05, 0) is 24.6 Å². The second kappa shape index (κ2) is 5.96. The summed E-state index contributed by atoms with van der Waals surface area (Å²) in [5.41, 5.74) is 1.42. The number of aryl methyl sites for hydroxylation is 1. The van der Waals surface area contributed by atoms with Crippen LogP contribution < -0.4 is 5.56 Å². The summed E-state index contributed by atoms with van der Waals surface area (Å²) in [5.74, 6) is -0.616. The van der Waals surface area contributed by atoms with Gasteiger partial charge in [-0.3, -0.25) is 4.79 Å². The number of nitrogens with zero attached hydrogens (tertiary/aromatic N) is 1. The maximum absolute atomic E-state index is 12.2. The first-order valence-corrected chi connectivity index (χ1v) is 8.13. The number of carboxylic acids is 1. The third kappa shape index (κ3) is 2.97. The first kappa shape index (κ1) is 16.0. The van der Waals surface area contributed by atoms with Crippen molar-refractivity contribution in [3.8, 4) is 0 Å². The second-order valence-corrected chi connectivity index (χ2v) is 6.81. The summed E-state index contributed by atoms with van der Waals surface area (Å²) in [6.07, 6.45) is 0.361. The van der Waals surface area contributed by atoms with Crippen molar-refractivity contribution >= 4 is 50.7 Å². The number of halogens is 2.